The Kier molecular flexibility index (Phi) is 18.1. The number of nitrogens with zero attached hydrogens (tertiary/aromatic N) is 2. The lowest BCUT2D eigenvalue weighted by Gasteiger charge is -1.89. The predicted molar refractivity (Wildman–Crippen MR) is 134 cm³/mol. The van der Waals surface area contributed by atoms with Gasteiger partial charge in [0.1, 0.15) is 5.65 Å². The van der Waals surface area contributed by atoms with Crippen LogP contribution >= 0.6 is 0 Å². The zero-order valence-corrected chi connectivity index (χ0v) is 20.9. The van der Waals surface area contributed by atoms with Gasteiger partial charge in [0.2, 0.25) is 0 Å². The summed E-state index contributed by atoms with van der Waals surface area (Å²) in [7, 11) is 0. The van der Waals surface area contributed by atoms with Gasteiger partial charge in [0.05, 0.1) is 11.3 Å². The highest BCUT2D eigenvalue weighted by Crippen LogP contribution is 1.91. The fourth-order valence-corrected chi connectivity index (χ4v) is 1.23. The van der Waals surface area contributed by atoms with Gasteiger partial charge in [-0.1, -0.05) is 19.7 Å². The van der Waals surface area contributed by atoms with Crippen LogP contribution < -0.4 is 22.7 Å². The Labute approximate surface area is 214 Å². The van der Waals surface area contributed by atoms with Crippen molar-refractivity contribution in [3.05, 3.63) is 79.3 Å². The van der Waals surface area contributed by atoms with Crippen molar-refractivity contribution in [2.45, 2.75) is 27.7 Å². The normalized spacial score (nSPS) is 8.50. The highest BCUT2D eigenvalue weighted by Gasteiger charge is 2.12. The Hall–Kier alpha value is -5.66. The second kappa shape index (κ2) is 18.6. The van der Waals surface area contributed by atoms with Gasteiger partial charge < -0.3 is 25.8 Å². The van der Waals surface area contributed by atoms with Crippen LogP contribution in [0.15, 0.2) is 50.8 Å². The largest absolute Gasteiger partial charge is 0.478 e. The number of carbonyl (C=O) groups excluding carboxylic acids is 1. The molecule has 0 saturated carbocycles. The average molecular weight is 540 g/mol. The molecule has 0 aliphatic carbocycles. The predicted octanol–water partition coefficient (Wildman–Crippen LogP) is 0.431. The molecule has 1 amide bonds. The number of nitrogens with two attached hydrogens (primary N) is 1. The molecule has 0 bridgehead atoms. The van der Waals surface area contributed by atoms with E-state index in [0.717, 1.165) is 0 Å². The Morgan fingerprint density at radius 2 is 1.26 bits per heavy atom. The molecule has 0 fully saturated rings. The number of amides is 1. The van der Waals surface area contributed by atoms with Gasteiger partial charge in [0.25, 0.3) is 0 Å². The summed E-state index contributed by atoms with van der Waals surface area (Å²) >= 11 is 0. The summed E-state index contributed by atoms with van der Waals surface area (Å²) in [5.74, 6) is -2.81. The van der Waals surface area contributed by atoms with Crippen molar-refractivity contribution in [2.24, 2.45) is 5.73 Å². The van der Waals surface area contributed by atoms with Crippen LogP contribution in [0.1, 0.15) is 27.7 Å². The van der Waals surface area contributed by atoms with Crippen molar-refractivity contribution in [2.75, 3.05) is 6.61 Å². The average Bonchev–Trinajstić information content (AvgIpc) is 3.15. The lowest BCUT2D eigenvalue weighted by atomic mass is 10.4. The van der Waals surface area contributed by atoms with Crippen LogP contribution in [0.4, 0.5) is 4.79 Å². The Morgan fingerprint density at radius 3 is 1.50 bits per heavy atom. The quantitative estimate of drug-likeness (QED) is 0.206. The smallest absolute Gasteiger partial charge is 0.404 e. The SMILES string of the molecule is C=C(C)C(=O)O.C=C(C)C(=O)O.C=C(C)C(=O)O.CCOC(N)=O.[C-]#[N+]n1c(=O)[nH]c2[nH]c(=O)[nH]c2c1=O. The van der Waals surface area contributed by atoms with Crippen LogP contribution in [-0.2, 0) is 19.1 Å². The standard InChI is InChI=1S/C6H3N5O3.3C4H6O2.C3H7NO2/c1-7-11-4(12)2-3(10-6(11)14)9-5(13)8-2;3*1-3(2)4(5)6;1-2-6-3(4)5/h(H,10,14)(H2,8,9,13);3*1H2,2H3,(H,5,6);2H2,1H3,(H2,4,5). The van der Waals surface area contributed by atoms with Gasteiger partial charge in [0.15, 0.2) is 5.52 Å². The number of rotatable bonds is 4. The monoisotopic (exact) mass is 540 g/mol. The van der Waals surface area contributed by atoms with E-state index in [0.29, 0.717) is 11.3 Å². The minimum atomic E-state index is -0.935. The third kappa shape index (κ3) is 16.9. The van der Waals surface area contributed by atoms with Gasteiger partial charge in [-0.05, 0) is 27.7 Å². The number of H-pyrrole nitrogens is 3. The number of aromatic nitrogens is 4. The maximum absolute atomic E-state index is 11.3. The Morgan fingerprint density at radius 1 is 0.895 bits per heavy atom. The zero-order valence-electron chi connectivity index (χ0n) is 20.9. The number of nitrogens with one attached hydrogen (secondary N) is 3. The molecule has 0 unspecified atom stereocenters. The molecule has 2 aromatic heterocycles. The molecule has 0 aromatic carbocycles. The molecule has 2 heterocycles. The second-order valence-corrected chi connectivity index (χ2v) is 6.48. The van der Waals surface area contributed by atoms with Crippen molar-refractivity contribution in [3.8, 4) is 0 Å². The van der Waals surface area contributed by atoms with Crippen LogP contribution in [0.25, 0.3) is 16.1 Å². The van der Waals surface area contributed by atoms with Crippen molar-refractivity contribution in [3.63, 3.8) is 0 Å². The van der Waals surface area contributed by atoms with Crippen LogP contribution in [0, 0.1) is 6.57 Å². The summed E-state index contributed by atoms with van der Waals surface area (Å²) in [5.41, 5.74) is 2.59. The molecule has 17 heteroatoms. The number of hydrogen-bond donors (Lipinski definition) is 7. The van der Waals surface area contributed by atoms with Crippen molar-refractivity contribution in [1.82, 2.24) is 19.6 Å². The molecule has 8 N–H and O–H groups in total. The van der Waals surface area contributed by atoms with Gasteiger partial charge in [0, 0.05) is 16.7 Å². The number of primary amides is 1. The molecule has 17 nitrogen and oxygen atoms in total. The number of hydrogen-bond acceptors (Lipinski definition) is 8. The van der Waals surface area contributed by atoms with E-state index < -0.39 is 40.9 Å². The van der Waals surface area contributed by atoms with E-state index in [1.807, 2.05) is 0 Å². The summed E-state index contributed by atoms with van der Waals surface area (Å²) in [6, 6.07) is 0. The first-order chi connectivity index (χ1) is 17.3. The summed E-state index contributed by atoms with van der Waals surface area (Å²) < 4.78 is 4.48. The molecule has 2 aromatic rings. The number of fused-ring (bicyclic) bond motifs is 1. The zero-order chi connectivity index (χ0) is 30.7. The molecule has 2 rings (SSSR count). The van der Waals surface area contributed by atoms with Crippen LogP contribution in [0.5, 0.6) is 0 Å². The molecule has 0 radical (unpaired) electrons. The number of ether oxygens (including phenoxy) is 1. The molecule has 0 atom stereocenters. The van der Waals surface area contributed by atoms with Crippen LogP contribution in [0.2, 0.25) is 0 Å². The molecule has 0 spiro atoms. The molecule has 0 aliphatic heterocycles. The Balaban J connectivity index is -0.000000437. The van der Waals surface area contributed by atoms with E-state index in [-0.39, 0.29) is 27.9 Å². The Bertz CT molecular complexity index is 1310. The van der Waals surface area contributed by atoms with Gasteiger partial charge in [-0.25, -0.2) is 28.8 Å². The first kappa shape index (κ1) is 36.9. The van der Waals surface area contributed by atoms with Crippen LogP contribution in [0.3, 0.4) is 0 Å². The van der Waals surface area contributed by atoms with E-state index in [1.54, 1.807) is 6.92 Å². The molecule has 208 valence electrons. The maximum Gasteiger partial charge on any atom is 0.404 e. The molecular formula is C21H28N6O11. The fourth-order valence-electron chi connectivity index (χ4n) is 1.23. The first-order valence-corrected chi connectivity index (χ1v) is 9.77. The van der Waals surface area contributed by atoms with E-state index in [9.17, 15) is 33.6 Å². The third-order valence-electron chi connectivity index (χ3n) is 3.04. The van der Waals surface area contributed by atoms with Gasteiger partial charge in [-0.15, -0.1) is 4.95 Å². The van der Waals surface area contributed by atoms with E-state index in [2.05, 4.69) is 50.1 Å². The van der Waals surface area contributed by atoms with Crippen molar-refractivity contribution >= 4 is 35.2 Å². The number of carboxylic acid groups (broad SMARTS) is 3. The lowest BCUT2D eigenvalue weighted by molar-refractivity contribution is -0.133. The van der Waals surface area contributed by atoms with Crippen molar-refractivity contribution in [1.29, 1.82) is 0 Å². The number of carboxylic acids is 3. The number of aromatic amines is 3. The van der Waals surface area contributed by atoms with Gasteiger partial charge in [-0.2, -0.15) is 6.57 Å². The van der Waals surface area contributed by atoms with Crippen molar-refractivity contribution < 1.29 is 39.2 Å². The highest BCUT2D eigenvalue weighted by atomic mass is 16.5. The minimum absolute atomic E-state index is 0.00935. The topological polar surface area (TPSA) is 272 Å². The maximum atomic E-state index is 11.3. The summed E-state index contributed by atoms with van der Waals surface area (Å²) in [6.07, 6.45) is -0.711. The number of aliphatic carboxylic acids is 3. The number of imidazole rings is 1. The van der Waals surface area contributed by atoms with E-state index >= 15 is 0 Å². The molecular weight excluding hydrogens is 512 g/mol. The highest BCUT2D eigenvalue weighted by molar-refractivity contribution is 5.85. The molecule has 0 aliphatic rings. The third-order valence-corrected chi connectivity index (χ3v) is 3.04. The van der Waals surface area contributed by atoms with Crippen LogP contribution in [-0.4, -0.2) is 65.6 Å². The second-order valence-electron chi connectivity index (χ2n) is 6.48. The molecule has 0 saturated heterocycles. The van der Waals surface area contributed by atoms with Gasteiger partial charge in [-0.3, -0.25) is 19.7 Å². The summed E-state index contributed by atoms with van der Waals surface area (Å²) in [4.78, 5) is 80.8. The summed E-state index contributed by atoms with van der Waals surface area (Å²) in [5, 5.41) is 23.7. The first-order valence-electron chi connectivity index (χ1n) is 9.77. The fraction of sp³-hybridized carbons (Fsp3) is 0.238. The van der Waals surface area contributed by atoms with E-state index in [1.165, 1.54) is 20.8 Å². The van der Waals surface area contributed by atoms with Gasteiger partial charge >= 0.3 is 40.9 Å². The summed E-state index contributed by atoms with van der Waals surface area (Å²) in [6.45, 7) is 22.4. The minimum Gasteiger partial charge on any atom is -0.478 e. The lowest BCUT2D eigenvalue weighted by Crippen LogP contribution is -2.30. The number of carbonyl (C=O) groups is 4. The van der Waals surface area contributed by atoms with E-state index in [4.69, 9.17) is 21.9 Å². The molecule has 38 heavy (non-hydrogen) atoms.